The summed E-state index contributed by atoms with van der Waals surface area (Å²) in [7, 11) is 0. The molecule has 1 atom stereocenters. The van der Waals surface area contributed by atoms with Crippen molar-refractivity contribution in [3.05, 3.63) is 28.2 Å². The Balaban J connectivity index is 2.40. The lowest BCUT2D eigenvalue weighted by molar-refractivity contribution is -0.145. The van der Waals surface area contributed by atoms with Crippen molar-refractivity contribution in [2.24, 2.45) is 0 Å². The molecule has 108 valence electrons. The van der Waals surface area contributed by atoms with Gasteiger partial charge in [-0.15, -0.1) is 0 Å². The standard InChI is InChI=1S/C14H16BrFN2O2/c1-3-5-8(14(19)20-4-2)13-17-11-6-9(15)10(16)7-12(11)18-13/h6-8H,3-5H2,1-2H3,(H,17,18). The van der Waals surface area contributed by atoms with Gasteiger partial charge in [-0.3, -0.25) is 4.79 Å². The van der Waals surface area contributed by atoms with Crippen LogP contribution in [-0.2, 0) is 9.53 Å². The van der Waals surface area contributed by atoms with Crippen molar-refractivity contribution < 1.29 is 13.9 Å². The molecular weight excluding hydrogens is 327 g/mol. The van der Waals surface area contributed by atoms with Crippen molar-refractivity contribution in [1.29, 1.82) is 0 Å². The smallest absolute Gasteiger partial charge is 0.316 e. The van der Waals surface area contributed by atoms with E-state index in [4.69, 9.17) is 4.74 Å². The molecule has 0 fully saturated rings. The SMILES string of the molecule is CCCC(C(=O)OCC)c1nc2cc(Br)c(F)cc2[nH]1. The number of nitrogens with zero attached hydrogens (tertiary/aromatic N) is 1. The van der Waals surface area contributed by atoms with E-state index < -0.39 is 5.92 Å². The van der Waals surface area contributed by atoms with E-state index in [9.17, 15) is 9.18 Å². The summed E-state index contributed by atoms with van der Waals surface area (Å²) in [5, 5.41) is 0. The number of hydrogen-bond acceptors (Lipinski definition) is 3. The first kappa shape index (κ1) is 15.0. The minimum absolute atomic E-state index is 0.298. The molecule has 0 amide bonds. The second-order valence-corrected chi connectivity index (χ2v) is 5.35. The molecule has 4 nitrogen and oxygen atoms in total. The maximum atomic E-state index is 13.5. The van der Waals surface area contributed by atoms with E-state index in [0.717, 1.165) is 6.42 Å². The predicted molar refractivity (Wildman–Crippen MR) is 78.0 cm³/mol. The molecule has 2 aromatic rings. The largest absolute Gasteiger partial charge is 0.465 e. The molecule has 0 aliphatic carbocycles. The van der Waals surface area contributed by atoms with E-state index in [1.807, 2.05) is 6.92 Å². The molecule has 0 saturated heterocycles. The van der Waals surface area contributed by atoms with Crippen LogP contribution in [0.5, 0.6) is 0 Å². The van der Waals surface area contributed by atoms with Crippen LogP contribution in [0.3, 0.4) is 0 Å². The Kier molecular flexibility index (Phi) is 4.75. The quantitative estimate of drug-likeness (QED) is 0.838. The number of nitrogens with one attached hydrogen (secondary N) is 1. The van der Waals surface area contributed by atoms with Crippen LogP contribution in [0.25, 0.3) is 11.0 Å². The zero-order chi connectivity index (χ0) is 14.7. The predicted octanol–water partition coefficient (Wildman–Crippen LogP) is 3.91. The third-order valence-electron chi connectivity index (χ3n) is 3.02. The zero-order valence-electron chi connectivity index (χ0n) is 11.4. The van der Waals surface area contributed by atoms with Gasteiger partial charge < -0.3 is 9.72 Å². The number of imidazole rings is 1. The lowest BCUT2D eigenvalue weighted by atomic mass is 10.0. The van der Waals surface area contributed by atoms with Gasteiger partial charge in [-0.2, -0.15) is 0 Å². The number of fused-ring (bicyclic) bond motifs is 1. The Morgan fingerprint density at radius 2 is 2.25 bits per heavy atom. The number of benzene rings is 1. The number of rotatable bonds is 5. The molecule has 0 bridgehead atoms. The van der Waals surface area contributed by atoms with Gasteiger partial charge in [0, 0.05) is 6.07 Å². The van der Waals surface area contributed by atoms with Gasteiger partial charge >= 0.3 is 5.97 Å². The summed E-state index contributed by atoms with van der Waals surface area (Å²) in [6, 6.07) is 2.96. The van der Waals surface area contributed by atoms with E-state index in [0.29, 0.717) is 34.4 Å². The number of carbonyl (C=O) groups excluding carboxylic acids is 1. The number of hydrogen-bond donors (Lipinski definition) is 1. The summed E-state index contributed by atoms with van der Waals surface area (Å²) in [6.45, 7) is 4.09. The minimum Gasteiger partial charge on any atom is -0.465 e. The minimum atomic E-state index is -0.436. The summed E-state index contributed by atoms with van der Waals surface area (Å²) < 4.78 is 18.9. The van der Waals surface area contributed by atoms with Crippen LogP contribution in [0.4, 0.5) is 4.39 Å². The maximum Gasteiger partial charge on any atom is 0.316 e. The van der Waals surface area contributed by atoms with Gasteiger partial charge in [0.15, 0.2) is 0 Å². The highest BCUT2D eigenvalue weighted by Crippen LogP contribution is 2.26. The monoisotopic (exact) mass is 342 g/mol. The number of aromatic amines is 1. The van der Waals surface area contributed by atoms with E-state index >= 15 is 0 Å². The molecule has 1 aromatic heterocycles. The summed E-state index contributed by atoms with van der Waals surface area (Å²) in [6.07, 6.45) is 1.47. The van der Waals surface area contributed by atoms with Crippen molar-refractivity contribution in [1.82, 2.24) is 9.97 Å². The molecule has 0 saturated carbocycles. The Morgan fingerprint density at radius 3 is 2.90 bits per heavy atom. The van der Waals surface area contributed by atoms with E-state index in [1.54, 1.807) is 13.0 Å². The molecule has 2 rings (SSSR count). The first-order valence-electron chi connectivity index (χ1n) is 6.58. The fourth-order valence-corrected chi connectivity index (χ4v) is 2.42. The second kappa shape index (κ2) is 6.35. The number of H-pyrrole nitrogens is 1. The Hall–Kier alpha value is -1.43. The fourth-order valence-electron chi connectivity index (χ4n) is 2.09. The molecule has 0 aliphatic rings. The maximum absolute atomic E-state index is 13.5. The van der Waals surface area contributed by atoms with Crippen LogP contribution in [-0.4, -0.2) is 22.5 Å². The second-order valence-electron chi connectivity index (χ2n) is 4.50. The number of carbonyl (C=O) groups is 1. The highest BCUT2D eigenvalue weighted by molar-refractivity contribution is 9.10. The average molecular weight is 343 g/mol. The third-order valence-corrected chi connectivity index (χ3v) is 3.63. The number of ether oxygens (including phenoxy) is 1. The fraction of sp³-hybridized carbons (Fsp3) is 0.429. The Morgan fingerprint density at radius 1 is 1.50 bits per heavy atom. The van der Waals surface area contributed by atoms with Crippen LogP contribution < -0.4 is 0 Å². The molecular formula is C14H16BrFN2O2. The zero-order valence-corrected chi connectivity index (χ0v) is 13.0. The van der Waals surface area contributed by atoms with Gasteiger partial charge in [0.2, 0.25) is 0 Å². The Labute approximate surface area is 124 Å². The number of esters is 1. The van der Waals surface area contributed by atoms with Crippen LogP contribution >= 0.6 is 15.9 Å². The van der Waals surface area contributed by atoms with Crippen LogP contribution in [0.2, 0.25) is 0 Å². The summed E-state index contributed by atoms with van der Waals surface area (Å²) in [4.78, 5) is 19.4. The number of halogens is 2. The van der Waals surface area contributed by atoms with Crippen molar-refractivity contribution in [3.8, 4) is 0 Å². The van der Waals surface area contributed by atoms with Crippen molar-refractivity contribution >= 4 is 32.9 Å². The Bertz CT molecular complexity index is 588. The van der Waals surface area contributed by atoms with E-state index in [-0.39, 0.29) is 11.8 Å². The lowest BCUT2D eigenvalue weighted by Gasteiger charge is -2.11. The normalized spacial score (nSPS) is 12.6. The molecule has 0 aliphatic heterocycles. The first-order chi connectivity index (χ1) is 9.56. The highest BCUT2D eigenvalue weighted by atomic mass is 79.9. The van der Waals surface area contributed by atoms with E-state index in [1.165, 1.54) is 6.07 Å². The van der Waals surface area contributed by atoms with Crippen molar-refractivity contribution in [2.75, 3.05) is 6.61 Å². The average Bonchev–Trinajstić information content (AvgIpc) is 2.79. The molecule has 0 spiro atoms. The molecule has 20 heavy (non-hydrogen) atoms. The summed E-state index contributed by atoms with van der Waals surface area (Å²) >= 11 is 3.13. The molecule has 1 aromatic carbocycles. The lowest BCUT2D eigenvalue weighted by Crippen LogP contribution is -2.17. The molecule has 1 N–H and O–H groups in total. The number of aromatic nitrogens is 2. The van der Waals surface area contributed by atoms with Crippen LogP contribution in [0.1, 0.15) is 38.4 Å². The van der Waals surface area contributed by atoms with Crippen LogP contribution in [0.15, 0.2) is 16.6 Å². The van der Waals surface area contributed by atoms with Gasteiger partial charge in [0.25, 0.3) is 0 Å². The third kappa shape index (κ3) is 3.00. The van der Waals surface area contributed by atoms with Gasteiger partial charge in [-0.05, 0) is 35.3 Å². The van der Waals surface area contributed by atoms with Gasteiger partial charge in [-0.1, -0.05) is 13.3 Å². The first-order valence-corrected chi connectivity index (χ1v) is 7.37. The van der Waals surface area contributed by atoms with E-state index in [2.05, 4.69) is 25.9 Å². The van der Waals surface area contributed by atoms with Gasteiger partial charge in [0.05, 0.1) is 22.1 Å². The summed E-state index contributed by atoms with van der Waals surface area (Å²) in [5.41, 5.74) is 1.20. The molecule has 1 unspecified atom stereocenters. The topological polar surface area (TPSA) is 55.0 Å². The van der Waals surface area contributed by atoms with Gasteiger partial charge in [-0.25, -0.2) is 9.37 Å². The van der Waals surface area contributed by atoms with Crippen molar-refractivity contribution in [3.63, 3.8) is 0 Å². The molecule has 0 radical (unpaired) electrons. The van der Waals surface area contributed by atoms with Crippen molar-refractivity contribution in [2.45, 2.75) is 32.6 Å². The molecule has 6 heteroatoms. The van der Waals surface area contributed by atoms with Gasteiger partial charge in [0.1, 0.15) is 17.6 Å². The summed E-state index contributed by atoms with van der Waals surface area (Å²) in [5.74, 6) is -0.573. The molecule has 1 heterocycles. The van der Waals surface area contributed by atoms with Crippen LogP contribution in [0, 0.1) is 5.82 Å². The highest BCUT2D eigenvalue weighted by Gasteiger charge is 2.24.